The lowest BCUT2D eigenvalue weighted by Gasteiger charge is -2.09. The number of hydrogen-bond acceptors (Lipinski definition) is 7. The molecule has 0 spiro atoms. The first-order valence-corrected chi connectivity index (χ1v) is 12.5. The van der Waals surface area contributed by atoms with Gasteiger partial charge in [0.1, 0.15) is 5.00 Å². The molecule has 2 amide bonds. The van der Waals surface area contributed by atoms with Crippen LogP contribution in [0.25, 0.3) is 10.2 Å². The minimum absolute atomic E-state index is 0.373. The summed E-state index contributed by atoms with van der Waals surface area (Å²) in [5.41, 5.74) is 8.93. The van der Waals surface area contributed by atoms with Crippen molar-refractivity contribution >= 4 is 55.7 Å². The van der Waals surface area contributed by atoms with Crippen molar-refractivity contribution in [2.24, 2.45) is 5.73 Å². The van der Waals surface area contributed by atoms with E-state index in [9.17, 15) is 14.4 Å². The topological polar surface area (TPSA) is 111 Å². The van der Waals surface area contributed by atoms with Crippen molar-refractivity contribution in [3.8, 4) is 0 Å². The van der Waals surface area contributed by atoms with E-state index in [2.05, 4.69) is 10.3 Å². The highest BCUT2D eigenvalue weighted by Crippen LogP contribution is 2.38. The molecule has 0 radical (unpaired) electrons. The third-order valence-electron chi connectivity index (χ3n) is 5.67. The summed E-state index contributed by atoms with van der Waals surface area (Å²) in [6, 6.07) is 15.0. The Balaban J connectivity index is 1.26. The molecule has 5 rings (SSSR count). The van der Waals surface area contributed by atoms with Crippen LogP contribution in [0.3, 0.4) is 0 Å². The lowest BCUT2D eigenvalue weighted by Crippen LogP contribution is -2.23. The number of esters is 1. The number of ether oxygens (including phenoxy) is 1. The number of aromatic nitrogens is 1. The number of carbonyl (C=O) groups is 3. The SMILES string of the molecule is NC(=O)c1c(NC(=O)COC(=O)c2ccccc2Cc2nc3ccccc3s2)sc2c1CCC2. The van der Waals surface area contributed by atoms with Gasteiger partial charge in [0.05, 0.1) is 26.4 Å². The minimum Gasteiger partial charge on any atom is -0.452 e. The number of rotatable bonds is 7. The molecule has 34 heavy (non-hydrogen) atoms. The number of benzene rings is 2. The average Bonchev–Trinajstić information content (AvgIpc) is 3.51. The monoisotopic (exact) mass is 491 g/mol. The molecule has 0 atom stereocenters. The molecule has 0 fully saturated rings. The smallest absolute Gasteiger partial charge is 0.338 e. The van der Waals surface area contributed by atoms with Crippen molar-refractivity contribution in [2.45, 2.75) is 25.7 Å². The average molecular weight is 492 g/mol. The number of aryl methyl sites for hydroxylation is 1. The zero-order valence-corrected chi connectivity index (χ0v) is 19.8. The Morgan fingerprint density at radius 2 is 1.82 bits per heavy atom. The van der Waals surface area contributed by atoms with E-state index in [0.29, 0.717) is 22.5 Å². The maximum Gasteiger partial charge on any atom is 0.338 e. The molecule has 7 nitrogen and oxygen atoms in total. The molecule has 1 aliphatic rings. The fourth-order valence-corrected chi connectivity index (χ4v) is 6.46. The molecule has 1 aliphatic carbocycles. The number of thiophene rings is 1. The van der Waals surface area contributed by atoms with Crippen LogP contribution < -0.4 is 11.1 Å². The molecule has 172 valence electrons. The molecular weight excluding hydrogens is 470 g/mol. The van der Waals surface area contributed by atoms with Crippen LogP contribution in [-0.4, -0.2) is 29.4 Å². The number of fused-ring (bicyclic) bond motifs is 2. The number of hydrogen-bond donors (Lipinski definition) is 2. The van der Waals surface area contributed by atoms with Crippen LogP contribution in [0.1, 0.15) is 48.1 Å². The van der Waals surface area contributed by atoms with Gasteiger partial charge in [-0.1, -0.05) is 30.3 Å². The number of amides is 2. The van der Waals surface area contributed by atoms with E-state index in [4.69, 9.17) is 10.5 Å². The molecule has 0 saturated heterocycles. The zero-order valence-electron chi connectivity index (χ0n) is 18.1. The van der Waals surface area contributed by atoms with Crippen LogP contribution in [0, 0.1) is 0 Å². The predicted molar refractivity (Wildman–Crippen MR) is 133 cm³/mol. The predicted octanol–water partition coefficient (Wildman–Crippen LogP) is 4.33. The maximum atomic E-state index is 12.8. The van der Waals surface area contributed by atoms with Crippen LogP contribution in [0.4, 0.5) is 5.00 Å². The largest absolute Gasteiger partial charge is 0.452 e. The van der Waals surface area contributed by atoms with Crippen LogP contribution in [0.5, 0.6) is 0 Å². The summed E-state index contributed by atoms with van der Waals surface area (Å²) in [6.45, 7) is -0.463. The van der Waals surface area contributed by atoms with Gasteiger partial charge in [-0.3, -0.25) is 9.59 Å². The van der Waals surface area contributed by atoms with E-state index in [1.165, 1.54) is 11.3 Å². The second-order valence-corrected chi connectivity index (χ2v) is 10.2. The van der Waals surface area contributed by atoms with Gasteiger partial charge in [-0.25, -0.2) is 9.78 Å². The quantitative estimate of drug-likeness (QED) is 0.374. The zero-order chi connectivity index (χ0) is 23.7. The number of nitrogens with one attached hydrogen (secondary N) is 1. The van der Waals surface area contributed by atoms with Gasteiger partial charge in [-0.15, -0.1) is 22.7 Å². The van der Waals surface area contributed by atoms with Gasteiger partial charge in [0.2, 0.25) is 0 Å². The highest BCUT2D eigenvalue weighted by Gasteiger charge is 2.26. The van der Waals surface area contributed by atoms with Gasteiger partial charge in [-0.05, 0) is 48.6 Å². The molecule has 0 unspecified atom stereocenters. The Morgan fingerprint density at radius 1 is 1.03 bits per heavy atom. The van der Waals surface area contributed by atoms with Crippen LogP contribution >= 0.6 is 22.7 Å². The Kier molecular flexibility index (Phi) is 6.12. The van der Waals surface area contributed by atoms with E-state index < -0.39 is 24.4 Å². The second-order valence-electron chi connectivity index (χ2n) is 7.96. The molecule has 2 aromatic carbocycles. The number of primary amides is 1. The first kappa shape index (κ1) is 22.2. The first-order valence-electron chi connectivity index (χ1n) is 10.8. The van der Waals surface area contributed by atoms with Crippen LogP contribution in [-0.2, 0) is 28.8 Å². The Labute approximate surface area is 203 Å². The number of thiazole rings is 1. The normalized spacial score (nSPS) is 12.5. The summed E-state index contributed by atoms with van der Waals surface area (Å²) < 4.78 is 6.38. The van der Waals surface area contributed by atoms with E-state index in [0.717, 1.165) is 50.5 Å². The van der Waals surface area contributed by atoms with Gasteiger partial charge in [-0.2, -0.15) is 0 Å². The summed E-state index contributed by atoms with van der Waals surface area (Å²) in [7, 11) is 0. The molecule has 0 aliphatic heterocycles. The second kappa shape index (κ2) is 9.36. The summed E-state index contributed by atoms with van der Waals surface area (Å²) in [6.07, 6.45) is 3.11. The molecule has 4 aromatic rings. The Hall–Kier alpha value is -3.56. The highest BCUT2D eigenvalue weighted by molar-refractivity contribution is 7.18. The van der Waals surface area contributed by atoms with Crippen molar-refractivity contribution in [1.82, 2.24) is 4.98 Å². The number of anilines is 1. The van der Waals surface area contributed by atoms with Crippen molar-refractivity contribution in [3.05, 3.63) is 80.7 Å². The number of carbonyl (C=O) groups excluding carboxylic acids is 3. The Morgan fingerprint density at radius 3 is 2.65 bits per heavy atom. The van der Waals surface area contributed by atoms with Gasteiger partial charge in [0.15, 0.2) is 6.61 Å². The lowest BCUT2D eigenvalue weighted by molar-refractivity contribution is -0.119. The number of para-hydroxylation sites is 1. The van der Waals surface area contributed by atoms with Crippen molar-refractivity contribution in [2.75, 3.05) is 11.9 Å². The van der Waals surface area contributed by atoms with E-state index >= 15 is 0 Å². The van der Waals surface area contributed by atoms with Gasteiger partial charge in [0.25, 0.3) is 11.8 Å². The van der Waals surface area contributed by atoms with Crippen molar-refractivity contribution in [3.63, 3.8) is 0 Å². The highest BCUT2D eigenvalue weighted by atomic mass is 32.1. The summed E-state index contributed by atoms with van der Waals surface area (Å²) >= 11 is 2.94. The number of nitrogens with two attached hydrogens (primary N) is 1. The third kappa shape index (κ3) is 4.44. The van der Waals surface area contributed by atoms with Gasteiger partial charge in [0, 0.05) is 11.3 Å². The molecule has 3 N–H and O–H groups in total. The van der Waals surface area contributed by atoms with Crippen LogP contribution in [0.2, 0.25) is 0 Å². The van der Waals surface area contributed by atoms with Crippen molar-refractivity contribution < 1.29 is 19.1 Å². The molecule has 9 heteroatoms. The molecule has 0 saturated carbocycles. The fraction of sp³-hybridized carbons (Fsp3) is 0.200. The number of nitrogens with zero attached hydrogens (tertiary/aromatic N) is 1. The third-order valence-corrected chi connectivity index (χ3v) is 7.92. The minimum atomic E-state index is -0.587. The fourth-order valence-electron chi connectivity index (χ4n) is 4.16. The first-order chi connectivity index (χ1) is 16.5. The molecule has 0 bridgehead atoms. The van der Waals surface area contributed by atoms with E-state index in [-0.39, 0.29) is 0 Å². The van der Waals surface area contributed by atoms with Crippen molar-refractivity contribution in [1.29, 1.82) is 0 Å². The van der Waals surface area contributed by atoms with Crippen LogP contribution in [0.15, 0.2) is 48.5 Å². The maximum absolute atomic E-state index is 12.8. The summed E-state index contributed by atoms with van der Waals surface area (Å²) in [4.78, 5) is 42.9. The Bertz CT molecular complexity index is 1390. The van der Waals surface area contributed by atoms with E-state index in [1.54, 1.807) is 23.5 Å². The van der Waals surface area contributed by atoms with Gasteiger partial charge < -0.3 is 15.8 Å². The molecular formula is C25H21N3O4S2. The summed E-state index contributed by atoms with van der Waals surface area (Å²) in [5.74, 6) is -1.66. The summed E-state index contributed by atoms with van der Waals surface area (Å²) in [5, 5.41) is 4.01. The molecule has 2 heterocycles. The standard InChI is InChI=1S/C25H21N3O4S2/c26-23(30)22-16-8-5-11-18(16)34-24(22)28-20(29)13-32-25(31)15-7-2-1-6-14(15)12-21-27-17-9-3-4-10-19(17)33-21/h1-4,6-7,9-10H,5,8,11-13H2,(H2,26,30)(H,28,29). The lowest BCUT2D eigenvalue weighted by atomic mass is 10.1. The van der Waals surface area contributed by atoms with Gasteiger partial charge >= 0.3 is 5.97 Å². The van der Waals surface area contributed by atoms with E-state index in [1.807, 2.05) is 36.4 Å². The molecule has 2 aromatic heterocycles.